The van der Waals surface area contributed by atoms with Crippen molar-refractivity contribution in [3.63, 3.8) is 0 Å². The number of halogens is 1. The topological polar surface area (TPSA) is 84.2 Å². The third-order valence-electron chi connectivity index (χ3n) is 3.06. The first-order chi connectivity index (χ1) is 10.5. The molecule has 6 heteroatoms. The van der Waals surface area contributed by atoms with Gasteiger partial charge in [-0.1, -0.05) is 35.9 Å². The van der Waals surface area contributed by atoms with Crippen LogP contribution < -0.4 is 16.4 Å². The molecule has 114 valence electrons. The lowest BCUT2D eigenvalue weighted by atomic mass is 10.2. The van der Waals surface area contributed by atoms with Crippen molar-refractivity contribution in [1.82, 2.24) is 5.32 Å². The van der Waals surface area contributed by atoms with E-state index in [4.69, 9.17) is 17.3 Å². The molecule has 4 N–H and O–H groups in total. The molecule has 0 unspecified atom stereocenters. The Morgan fingerprint density at radius 2 is 1.86 bits per heavy atom. The van der Waals surface area contributed by atoms with Gasteiger partial charge in [0.05, 0.1) is 11.4 Å². The van der Waals surface area contributed by atoms with Crippen LogP contribution in [0.3, 0.4) is 0 Å². The van der Waals surface area contributed by atoms with Crippen molar-refractivity contribution in [3.8, 4) is 0 Å². The maximum atomic E-state index is 11.8. The molecule has 0 aliphatic rings. The van der Waals surface area contributed by atoms with E-state index in [1.807, 2.05) is 6.92 Å². The van der Waals surface area contributed by atoms with Crippen LogP contribution in [0.1, 0.15) is 11.1 Å². The second-order valence-corrected chi connectivity index (χ2v) is 5.23. The van der Waals surface area contributed by atoms with E-state index in [2.05, 4.69) is 10.6 Å². The molecule has 0 spiro atoms. The lowest BCUT2D eigenvalue weighted by Gasteiger charge is -2.09. The Morgan fingerprint density at radius 3 is 2.55 bits per heavy atom. The highest BCUT2D eigenvalue weighted by Gasteiger charge is 2.15. The molecular weight excluding hydrogens is 302 g/mol. The van der Waals surface area contributed by atoms with Crippen LogP contribution in [0.4, 0.5) is 11.4 Å². The minimum Gasteiger partial charge on any atom is -0.397 e. The maximum Gasteiger partial charge on any atom is 0.313 e. The number of carbonyl (C=O) groups excluding carboxylic acids is 2. The van der Waals surface area contributed by atoms with Gasteiger partial charge in [0.2, 0.25) is 0 Å². The first kappa shape index (κ1) is 15.9. The predicted molar refractivity (Wildman–Crippen MR) is 87.5 cm³/mol. The van der Waals surface area contributed by atoms with Crippen molar-refractivity contribution < 1.29 is 9.59 Å². The number of nitrogens with two attached hydrogens (primary N) is 1. The van der Waals surface area contributed by atoms with Gasteiger partial charge >= 0.3 is 11.8 Å². The summed E-state index contributed by atoms with van der Waals surface area (Å²) in [6.07, 6.45) is 0. The van der Waals surface area contributed by atoms with E-state index in [9.17, 15) is 9.59 Å². The third-order valence-corrected chi connectivity index (χ3v) is 3.43. The van der Waals surface area contributed by atoms with Crippen molar-refractivity contribution in [2.45, 2.75) is 13.5 Å². The van der Waals surface area contributed by atoms with Gasteiger partial charge < -0.3 is 16.4 Å². The molecule has 2 amide bonds. The number of carbonyl (C=O) groups is 2. The first-order valence-corrected chi connectivity index (χ1v) is 7.04. The monoisotopic (exact) mass is 317 g/mol. The maximum absolute atomic E-state index is 11.8. The fourth-order valence-electron chi connectivity index (χ4n) is 1.87. The molecule has 0 atom stereocenters. The quantitative estimate of drug-likeness (QED) is 0.600. The Morgan fingerprint density at radius 1 is 1.14 bits per heavy atom. The van der Waals surface area contributed by atoms with Crippen molar-refractivity contribution in [1.29, 1.82) is 0 Å². The Balaban J connectivity index is 1.95. The average Bonchev–Trinajstić information content (AvgIpc) is 2.49. The van der Waals surface area contributed by atoms with Crippen molar-refractivity contribution in [2.75, 3.05) is 11.1 Å². The molecule has 0 heterocycles. The van der Waals surface area contributed by atoms with Gasteiger partial charge in [-0.25, -0.2) is 0 Å². The molecule has 2 aromatic carbocycles. The summed E-state index contributed by atoms with van der Waals surface area (Å²) in [4.78, 5) is 23.6. The molecule has 22 heavy (non-hydrogen) atoms. The van der Waals surface area contributed by atoms with Crippen LogP contribution in [-0.4, -0.2) is 11.8 Å². The zero-order valence-corrected chi connectivity index (χ0v) is 12.8. The lowest BCUT2D eigenvalue weighted by molar-refractivity contribution is -0.136. The number of aryl methyl sites for hydroxylation is 1. The fourth-order valence-corrected chi connectivity index (χ4v) is 2.08. The smallest absolute Gasteiger partial charge is 0.313 e. The van der Waals surface area contributed by atoms with Crippen molar-refractivity contribution >= 4 is 34.8 Å². The van der Waals surface area contributed by atoms with Gasteiger partial charge in [-0.3, -0.25) is 9.59 Å². The second-order valence-electron chi connectivity index (χ2n) is 4.82. The average molecular weight is 318 g/mol. The Kier molecular flexibility index (Phi) is 5.01. The van der Waals surface area contributed by atoms with Crippen molar-refractivity contribution in [3.05, 3.63) is 58.6 Å². The van der Waals surface area contributed by atoms with Gasteiger partial charge in [-0.05, 0) is 36.2 Å². The normalized spacial score (nSPS) is 10.1. The SMILES string of the molecule is Cc1ccc(NC(=O)C(=O)NCc2ccccc2Cl)c(N)c1. The standard InChI is InChI=1S/C16H16ClN3O2/c1-10-6-7-14(13(18)8-10)20-16(22)15(21)19-9-11-4-2-3-5-12(11)17/h2-8H,9,18H2,1H3,(H,19,21)(H,20,22). The van der Waals surface area contributed by atoms with E-state index >= 15 is 0 Å². The van der Waals surface area contributed by atoms with Gasteiger partial charge in [0.15, 0.2) is 0 Å². The van der Waals surface area contributed by atoms with Crippen LogP contribution in [0.15, 0.2) is 42.5 Å². The summed E-state index contributed by atoms with van der Waals surface area (Å²) in [6, 6.07) is 12.3. The van der Waals surface area contributed by atoms with Crippen LogP contribution >= 0.6 is 11.6 Å². The van der Waals surface area contributed by atoms with E-state index in [-0.39, 0.29) is 6.54 Å². The van der Waals surface area contributed by atoms with E-state index in [0.717, 1.165) is 11.1 Å². The second kappa shape index (κ2) is 6.95. The van der Waals surface area contributed by atoms with Crippen LogP contribution in [0.5, 0.6) is 0 Å². The van der Waals surface area contributed by atoms with Gasteiger partial charge in [-0.15, -0.1) is 0 Å². The minimum absolute atomic E-state index is 0.176. The molecular formula is C16H16ClN3O2. The molecule has 5 nitrogen and oxygen atoms in total. The Bertz CT molecular complexity index is 716. The number of benzene rings is 2. The zero-order valence-electron chi connectivity index (χ0n) is 12.0. The lowest BCUT2D eigenvalue weighted by Crippen LogP contribution is -2.35. The summed E-state index contributed by atoms with van der Waals surface area (Å²) in [5.41, 5.74) is 8.31. The predicted octanol–water partition coefficient (Wildman–Crippen LogP) is 2.49. The number of hydrogen-bond acceptors (Lipinski definition) is 3. The first-order valence-electron chi connectivity index (χ1n) is 6.66. The number of rotatable bonds is 3. The molecule has 0 saturated carbocycles. The van der Waals surface area contributed by atoms with Crippen LogP contribution in [0, 0.1) is 6.92 Å². The number of anilines is 2. The molecule has 0 fully saturated rings. The van der Waals surface area contributed by atoms with Gasteiger partial charge in [0.25, 0.3) is 0 Å². The summed E-state index contributed by atoms with van der Waals surface area (Å²) in [5.74, 6) is -1.53. The molecule has 0 aliphatic heterocycles. The van der Waals surface area contributed by atoms with E-state index in [1.165, 1.54) is 0 Å². The summed E-state index contributed by atoms with van der Waals surface area (Å²) >= 11 is 5.98. The number of nitrogen functional groups attached to an aromatic ring is 1. The molecule has 0 saturated heterocycles. The fraction of sp³-hybridized carbons (Fsp3) is 0.125. The molecule has 0 aliphatic carbocycles. The third kappa shape index (κ3) is 3.99. The Labute approximate surface area is 133 Å². The molecule has 2 rings (SSSR count). The van der Waals surface area contributed by atoms with Crippen molar-refractivity contribution in [2.24, 2.45) is 0 Å². The summed E-state index contributed by atoms with van der Waals surface area (Å²) in [5, 5.41) is 5.53. The molecule has 0 radical (unpaired) electrons. The molecule has 0 aromatic heterocycles. The minimum atomic E-state index is -0.775. The van der Waals surface area contributed by atoms with Gasteiger partial charge in [0.1, 0.15) is 0 Å². The van der Waals surface area contributed by atoms with E-state index in [0.29, 0.717) is 16.4 Å². The zero-order chi connectivity index (χ0) is 16.1. The molecule has 2 aromatic rings. The summed E-state index contributed by atoms with van der Waals surface area (Å²) in [6.45, 7) is 2.06. The summed E-state index contributed by atoms with van der Waals surface area (Å²) < 4.78 is 0. The van der Waals surface area contributed by atoms with Crippen LogP contribution in [-0.2, 0) is 16.1 Å². The van der Waals surface area contributed by atoms with Gasteiger partial charge in [-0.2, -0.15) is 0 Å². The number of hydrogen-bond donors (Lipinski definition) is 3. The number of amides is 2. The highest BCUT2D eigenvalue weighted by molar-refractivity contribution is 6.40. The largest absolute Gasteiger partial charge is 0.397 e. The highest BCUT2D eigenvalue weighted by atomic mass is 35.5. The Hall–Kier alpha value is -2.53. The van der Waals surface area contributed by atoms with Gasteiger partial charge in [0, 0.05) is 11.6 Å². The van der Waals surface area contributed by atoms with E-state index in [1.54, 1.807) is 42.5 Å². The highest BCUT2D eigenvalue weighted by Crippen LogP contribution is 2.19. The molecule has 0 bridgehead atoms. The van der Waals surface area contributed by atoms with Crippen LogP contribution in [0.2, 0.25) is 5.02 Å². The summed E-state index contributed by atoms with van der Waals surface area (Å²) in [7, 11) is 0. The number of nitrogens with one attached hydrogen (secondary N) is 2. The van der Waals surface area contributed by atoms with Crippen LogP contribution in [0.25, 0.3) is 0 Å². The van der Waals surface area contributed by atoms with E-state index < -0.39 is 11.8 Å².